The van der Waals surface area contributed by atoms with Crippen molar-refractivity contribution < 1.29 is 9.84 Å². The van der Waals surface area contributed by atoms with Crippen molar-refractivity contribution >= 4 is 5.52 Å². The maximum Gasteiger partial charge on any atom is 0.277 e. The third-order valence-electron chi connectivity index (χ3n) is 4.85. The van der Waals surface area contributed by atoms with E-state index >= 15 is 0 Å². The Morgan fingerprint density at radius 1 is 1.04 bits per heavy atom. The van der Waals surface area contributed by atoms with E-state index in [2.05, 4.69) is 5.10 Å². The number of fused-ring (bicyclic) bond motifs is 1. The lowest BCUT2D eigenvalue weighted by Gasteiger charge is -2.07. The lowest BCUT2D eigenvalue weighted by molar-refractivity contribution is 0.283. The highest BCUT2D eigenvalue weighted by atomic mass is 16.5. The minimum Gasteiger partial charge on any atom is -0.497 e. The summed E-state index contributed by atoms with van der Waals surface area (Å²) >= 11 is 0. The molecular formula is C22H21N3O3. The van der Waals surface area contributed by atoms with E-state index < -0.39 is 0 Å². The van der Waals surface area contributed by atoms with E-state index in [1.54, 1.807) is 28.6 Å². The molecule has 6 heteroatoms. The summed E-state index contributed by atoms with van der Waals surface area (Å²) in [6.45, 7) is 2.18. The van der Waals surface area contributed by atoms with Crippen molar-refractivity contribution in [3.05, 3.63) is 88.0 Å². The first-order valence-corrected chi connectivity index (χ1v) is 9.02. The number of ether oxygens (including phenoxy) is 1. The topological polar surface area (TPSA) is 68.8 Å². The van der Waals surface area contributed by atoms with Crippen molar-refractivity contribution in [2.24, 2.45) is 0 Å². The molecule has 0 aliphatic carbocycles. The van der Waals surface area contributed by atoms with Crippen LogP contribution in [0.25, 0.3) is 16.8 Å². The summed E-state index contributed by atoms with van der Waals surface area (Å²) in [4.78, 5) is 13.1. The molecule has 0 aliphatic heterocycles. The number of hydrogen-bond acceptors (Lipinski definition) is 4. The fourth-order valence-electron chi connectivity index (χ4n) is 3.30. The molecule has 0 aliphatic rings. The van der Waals surface area contributed by atoms with Gasteiger partial charge >= 0.3 is 0 Å². The zero-order valence-electron chi connectivity index (χ0n) is 15.8. The van der Waals surface area contributed by atoms with E-state index in [4.69, 9.17) is 4.74 Å². The van der Waals surface area contributed by atoms with Crippen LogP contribution in [-0.4, -0.2) is 26.4 Å². The van der Waals surface area contributed by atoms with Gasteiger partial charge in [0.1, 0.15) is 11.3 Å². The fourth-order valence-corrected chi connectivity index (χ4v) is 3.30. The number of aromatic nitrogens is 3. The molecule has 0 unspecified atom stereocenters. The van der Waals surface area contributed by atoms with Gasteiger partial charge in [-0.3, -0.25) is 4.79 Å². The minimum absolute atomic E-state index is 0.187. The van der Waals surface area contributed by atoms with Crippen molar-refractivity contribution in [3.8, 4) is 17.0 Å². The molecule has 28 heavy (non-hydrogen) atoms. The number of rotatable bonds is 5. The van der Waals surface area contributed by atoms with E-state index in [-0.39, 0.29) is 12.2 Å². The van der Waals surface area contributed by atoms with Crippen LogP contribution in [0.1, 0.15) is 16.7 Å². The van der Waals surface area contributed by atoms with Gasteiger partial charge in [-0.25, -0.2) is 4.52 Å². The van der Waals surface area contributed by atoms with Crippen LogP contribution >= 0.6 is 0 Å². The van der Waals surface area contributed by atoms with Gasteiger partial charge in [-0.2, -0.15) is 5.10 Å². The largest absolute Gasteiger partial charge is 0.497 e. The molecule has 4 aromatic rings. The van der Waals surface area contributed by atoms with Crippen molar-refractivity contribution in [2.75, 3.05) is 7.11 Å². The number of aliphatic hydroxyl groups excluding tert-OH is 1. The molecule has 2 aromatic carbocycles. The Hall–Kier alpha value is -3.38. The van der Waals surface area contributed by atoms with Crippen LogP contribution in [0.15, 0.2) is 65.7 Å². The lowest BCUT2D eigenvalue weighted by Crippen LogP contribution is -2.22. The number of methoxy groups -OCH3 is 1. The second-order valence-electron chi connectivity index (χ2n) is 6.72. The number of hydrogen-bond donors (Lipinski definition) is 1. The van der Waals surface area contributed by atoms with Crippen LogP contribution in [-0.2, 0) is 13.2 Å². The Kier molecular flexibility index (Phi) is 4.71. The highest BCUT2D eigenvalue weighted by Gasteiger charge is 2.17. The van der Waals surface area contributed by atoms with Gasteiger partial charge in [-0.15, -0.1) is 0 Å². The zero-order valence-corrected chi connectivity index (χ0v) is 15.8. The van der Waals surface area contributed by atoms with E-state index in [1.807, 2.05) is 55.5 Å². The normalized spacial score (nSPS) is 11.1. The van der Waals surface area contributed by atoms with E-state index in [0.29, 0.717) is 23.3 Å². The molecule has 1 N–H and O–H groups in total. The van der Waals surface area contributed by atoms with Crippen LogP contribution < -0.4 is 10.3 Å². The molecule has 0 saturated heterocycles. The lowest BCUT2D eigenvalue weighted by atomic mass is 10.1. The summed E-state index contributed by atoms with van der Waals surface area (Å²) in [5.41, 5.74) is 4.37. The van der Waals surface area contributed by atoms with Gasteiger partial charge in [0.25, 0.3) is 5.56 Å². The zero-order chi connectivity index (χ0) is 19.7. The van der Waals surface area contributed by atoms with E-state index in [1.165, 1.54) is 0 Å². The number of aryl methyl sites for hydroxylation is 1. The molecule has 4 rings (SSSR count). The number of aliphatic hydroxyl groups is 1. The molecular weight excluding hydrogens is 354 g/mol. The molecule has 0 saturated carbocycles. The average molecular weight is 375 g/mol. The third-order valence-corrected chi connectivity index (χ3v) is 4.85. The maximum absolute atomic E-state index is 13.1. The first-order chi connectivity index (χ1) is 13.6. The Labute approximate surface area is 162 Å². The summed E-state index contributed by atoms with van der Waals surface area (Å²) in [6.07, 6.45) is 3.46. The van der Waals surface area contributed by atoms with Gasteiger partial charge in [0.15, 0.2) is 0 Å². The van der Waals surface area contributed by atoms with Gasteiger partial charge in [0.05, 0.1) is 26.0 Å². The van der Waals surface area contributed by atoms with Gasteiger partial charge < -0.3 is 14.4 Å². The van der Waals surface area contributed by atoms with Crippen LogP contribution in [0.3, 0.4) is 0 Å². The molecule has 0 atom stereocenters. The molecule has 2 heterocycles. The molecule has 0 bridgehead atoms. The van der Waals surface area contributed by atoms with Gasteiger partial charge in [-0.1, -0.05) is 42.0 Å². The van der Waals surface area contributed by atoms with Crippen LogP contribution in [0.4, 0.5) is 0 Å². The highest BCUT2D eigenvalue weighted by molar-refractivity contribution is 5.72. The Morgan fingerprint density at radius 2 is 1.75 bits per heavy atom. The third kappa shape index (κ3) is 3.18. The first-order valence-electron chi connectivity index (χ1n) is 9.02. The maximum atomic E-state index is 13.1. The predicted octanol–water partition coefficient (Wildman–Crippen LogP) is 3.02. The second-order valence-corrected chi connectivity index (χ2v) is 6.72. The Morgan fingerprint density at radius 3 is 2.39 bits per heavy atom. The smallest absolute Gasteiger partial charge is 0.277 e. The van der Waals surface area contributed by atoms with Crippen molar-refractivity contribution in [1.29, 1.82) is 0 Å². The van der Waals surface area contributed by atoms with Crippen molar-refractivity contribution in [3.63, 3.8) is 0 Å². The van der Waals surface area contributed by atoms with E-state index in [0.717, 1.165) is 22.4 Å². The van der Waals surface area contributed by atoms with Crippen LogP contribution in [0, 0.1) is 6.92 Å². The number of nitrogens with zero attached hydrogens (tertiary/aromatic N) is 3. The second kappa shape index (κ2) is 7.32. The summed E-state index contributed by atoms with van der Waals surface area (Å²) in [7, 11) is 1.62. The van der Waals surface area contributed by atoms with Crippen molar-refractivity contribution in [1.82, 2.24) is 14.2 Å². The van der Waals surface area contributed by atoms with Crippen LogP contribution in [0.5, 0.6) is 5.75 Å². The quantitative estimate of drug-likeness (QED) is 0.582. The molecule has 0 radical (unpaired) electrons. The molecule has 6 nitrogen and oxygen atoms in total. The SMILES string of the molecule is COc1ccc(Cn2ccn3nc(-c4ccc(C)cc4)c(CO)c3c2=O)cc1. The molecule has 2 aromatic heterocycles. The van der Waals surface area contributed by atoms with Crippen molar-refractivity contribution in [2.45, 2.75) is 20.1 Å². The summed E-state index contributed by atoms with van der Waals surface area (Å²) in [5, 5.41) is 14.5. The molecule has 0 amide bonds. The average Bonchev–Trinajstić information content (AvgIpc) is 3.10. The Balaban J connectivity index is 1.79. The standard InChI is InChI=1S/C22H21N3O3/c1-15-3-7-17(8-4-15)20-19(14-26)21-22(27)24(11-12-25(21)23-20)13-16-5-9-18(28-2)10-6-16/h3-12,26H,13-14H2,1-2H3. The fraction of sp³-hybridized carbons (Fsp3) is 0.182. The highest BCUT2D eigenvalue weighted by Crippen LogP contribution is 2.25. The minimum atomic E-state index is -0.255. The molecule has 0 spiro atoms. The summed E-state index contributed by atoms with van der Waals surface area (Å²) < 4.78 is 8.35. The molecule has 142 valence electrons. The number of benzene rings is 2. The van der Waals surface area contributed by atoms with Gasteiger partial charge in [0.2, 0.25) is 0 Å². The monoisotopic (exact) mass is 375 g/mol. The van der Waals surface area contributed by atoms with Gasteiger partial charge in [-0.05, 0) is 24.6 Å². The Bertz CT molecular complexity index is 1170. The van der Waals surface area contributed by atoms with E-state index in [9.17, 15) is 9.90 Å². The summed E-state index contributed by atoms with van der Waals surface area (Å²) in [5.74, 6) is 0.771. The van der Waals surface area contributed by atoms with Gasteiger partial charge in [0, 0.05) is 23.5 Å². The molecule has 0 fully saturated rings. The summed E-state index contributed by atoms with van der Waals surface area (Å²) in [6, 6.07) is 15.5. The first kappa shape index (κ1) is 18.0. The predicted molar refractivity (Wildman–Crippen MR) is 108 cm³/mol. The van der Waals surface area contributed by atoms with Crippen LogP contribution in [0.2, 0.25) is 0 Å².